The molecule has 70 valence electrons. The predicted octanol–water partition coefficient (Wildman–Crippen LogP) is 2.20. The average Bonchev–Trinajstić information content (AvgIpc) is 2.00. The van der Waals surface area contributed by atoms with Crippen LogP contribution in [0.3, 0.4) is 0 Å². The third-order valence-electron chi connectivity index (χ3n) is 1.89. The fraction of sp³-hybridized carbons (Fsp3) is 0.800. The van der Waals surface area contributed by atoms with Gasteiger partial charge in [-0.15, -0.1) is 18.0 Å². The van der Waals surface area contributed by atoms with Crippen LogP contribution in [0.5, 0.6) is 0 Å². The van der Waals surface area contributed by atoms with Gasteiger partial charge in [0.05, 0.1) is 6.54 Å². The smallest absolute Gasteiger partial charge is 0.0599 e. The molecule has 0 spiro atoms. The fourth-order valence-electron chi connectivity index (χ4n) is 1.18. The van der Waals surface area contributed by atoms with Crippen LogP contribution in [0.1, 0.15) is 20.3 Å². The first-order valence-corrected chi connectivity index (χ1v) is 4.85. The molecule has 0 saturated carbocycles. The van der Waals surface area contributed by atoms with Gasteiger partial charge in [0.1, 0.15) is 0 Å². The molecule has 0 aliphatic heterocycles. The summed E-state index contributed by atoms with van der Waals surface area (Å²) in [6, 6.07) is 0.419. The zero-order chi connectivity index (χ0) is 9.56. The van der Waals surface area contributed by atoms with E-state index in [9.17, 15) is 0 Å². The Bertz CT molecular complexity index is 148. The second kappa shape index (κ2) is 6.34. The average molecular weight is 188 g/mol. The number of terminal acetylenes is 1. The van der Waals surface area contributed by atoms with Gasteiger partial charge in [-0.2, -0.15) is 0 Å². The van der Waals surface area contributed by atoms with Crippen LogP contribution in [-0.2, 0) is 0 Å². The van der Waals surface area contributed by atoms with Gasteiger partial charge in [-0.3, -0.25) is 4.90 Å². The monoisotopic (exact) mass is 187 g/mol. The molecule has 0 aliphatic rings. The molecule has 2 heteroatoms. The van der Waals surface area contributed by atoms with Crippen molar-refractivity contribution in [1.82, 2.24) is 4.90 Å². The first-order valence-electron chi connectivity index (χ1n) is 4.31. The molecule has 0 fully saturated rings. The van der Waals surface area contributed by atoms with Gasteiger partial charge in [0.2, 0.25) is 0 Å². The van der Waals surface area contributed by atoms with E-state index in [0.29, 0.717) is 24.4 Å². The maximum Gasteiger partial charge on any atom is 0.0599 e. The molecule has 0 amide bonds. The van der Waals surface area contributed by atoms with E-state index in [1.165, 1.54) is 0 Å². The number of rotatable bonds is 5. The summed E-state index contributed by atoms with van der Waals surface area (Å²) in [6.07, 6.45) is 6.33. The second-order valence-electron chi connectivity index (χ2n) is 3.56. The van der Waals surface area contributed by atoms with Gasteiger partial charge in [0.25, 0.3) is 0 Å². The van der Waals surface area contributed by atoms with Crippen molar-refractivity contribution < 1.29 is 0 Å². The van der Waals surface area contributed by atoms with Gasteiger partial charge in [-0.05, 0) is 19.4 Å². The van der Waals surface area contributed by atoms with Crippen molar-refractivity contribution in [2.45, 2.75) is 26.3 Å². The molecule has 0 N–H and O–H groups in total. The van der Waals surface area contributed by atoms with Gasteiger partial charge < -0.3 is 0 Å². The Kier molecular flexibility index (Phi) is 6.24. The summed E-state index contributed by atoms with van der Waals surface area (Å²) in [5, 5.41) is 0. The highest BCUT2D eigenvalue weighted by Crippen LogP contribution is 2.11. The quantitative estimate of drug-likeness (QED) is 0.471. The molecular formula is C10H18ClN. The molecule has 1 nitrogen and oxygen atoms in total. The van der Waals surface area contributed by atoms with Crippen molar-refractivity contribution in [3.63, 3.8) is 0 Å². The van der Waals surface area contributed by atoms with Crippen molar-refractivity contribution in [2.24, 2.45) is 5.92 Å². The standard InChI is InChI=1S/C10H18ClN/c1-5-6-12(4)10(8-11)7-9(2)3/h1,9-10H,6-8H2,2-4H3/t10-/m0/s1. The van der Waals surface area contributed by atoms with Crippen molar-refractivity contribution in [2.75, 3.05) is 19.5 Å². The lowest BCUT2D eigenvalue weighted by molar-refractivity contribution is 0.256. The molecular weight excluding hydrogens is 170 g/mol. The molecule has 0 radical (unpaired) electrons. The second-order valence-corrected chi connectivity index (χ2v) is 3.87. The van der Waals surface area contributed by atoms with Gasteiger partial charge in [-0.25, -0.2) is 0 Å². The lowest BCUT2D eigenvalue weighted by Crippen LogP contribution is -2.34. The zero-order valence-corrected chi connectivity index (χ0v) is 8.93. The largest absolute Gasteiger partial charge is 0.291 e. The van der Waals surface area contributed by atoms with Gasteiger partial charge in [-0.1, -0.05) is 19.8 Å². The molecule has 0 bridgehead atoms. The number of alkyl halides is 1. The molecule has 1 atom stereocenters. The van der Waals surface area contributed by atoms with Crippen LogP contribution in [0.4, 0.5) is 0 Å². The number of hydrogen-bond acceptors (Lipinski definition) is 1. The molecule has 0 aromatic rings. The molecule has 0 unspecified atom stereocenters. The topological polar surface area (TPSA) is 3.24 Å². The summed E-state index contributed by atoms with van der Waals surface area (Å²) < 4.78 is 0. The highest BCUT2D eigenvalue weighted by atomic mass is 35.5. The minimum atomic E-state index is 0.419. The summed E-state index contributed by atoms with van der Waals surface area (Å²) in [7, 11) is 2.02. The van der Waals surface area contributed by atoms with Crippen LogP contribution in [0.15, 0.2) is 0 Å². The normalized spacial score (nSPS) is 13.4. The molecule has 0 rings (SSSR count). The lowest BCUT2D eigenvalue weighted by atomic mass is 10.0. The fourth-order valence-corrected chi connectivity index (χ4v) is 1.54. The number of hydrogen-bond donors (Lipinski definition) is 0. The Morgan fingerprint density at radius 3 is 2.42 bits per heavy atom. The Morgan fingerprint density at radius 2 is 2.08 bits per heavy atom. The third-order valence-corrected chi connectivity index (χ3v) is 2.24. The maximum atomic E-state index is 5.83. The van der Waals surface area contributed by atoms with Crippen molar-refractivity contribution in [3.05, 3.63) is 0 Å². The molecule has 0 saturated heterocycles. The maximum absolute atomic E-state index is 5.83. The van der Waals surface area contributed by atoms with Crippen LogP contribution in [-0.4, -0.2) is 30.4 Å². The van der Waals surface area contributed by atoms with Crippen LogP contribution < -0.4 is 0 Å². The first kappa shape index (κ1) is 11.8. The van der Waals surface area contributed by atoms with Crippen molar-refractivity contribution in [1.29, 1.82) is 0 Å². The van der Waals surface area contributed by atoms with Crippen LogP contribution in [0, 0.1) is 18.3 Å². The minimum Gasteiger partial charge on any atom is -0.291 e. The Balaban J connectivity index is 3.88. The highest BCUT2D eigenvalue weighted by Gasteiger charge is 2.13. The number of halogens is 1. The third kappa shape index (κ3) is 4.64. The summed E-state index contributed by atoms with van der Waals surface area (Å²) in [5.74, 6) is 3.96. The summed E-state index contributed by atoms with van der Waals surface area (Å²) in [5.41, 5.74) is 0. The van der Waals surface area contributed by atoms with E-state index in [2.05, 4.69) is 24.7 Å². The van der Waals surface area contributed by atoms with Crippen molar-refractivity contribution in [3.8, 4) is 12.3 Å². The molecule has 0 aliphatic carbocycles. The van der Waals surface area contributed by atoms with Crippen LogP contribution >= 0.6 is 11.6 Å². The van der Waals surface area contributed by atoms with E-state index >= 15 is 0 Å². The van der Waals surface area contributed by atoms with Gasteiger partial charge in [0.15, 0.2) is 0 Å². The highest BCUT2D eigenvalue weighted by molar-refractivity contribution is 6.18. The van der Waals surface area contributed by atoms with Crippen LogP contribution in [0.2, 0.25) is 0 Å². The van der Waals surface area contributed by atoms with E-state index in [4.69, 9.17) is 18.0 Å². The van der Waals surface area contributed by atoms with Crippen LogP contribution in [0.25, 0.3) is 0 Å². The Labute approximate surface area is 81.1 Å². The van der Waals surface area contributed by atoms with Gasteiger partial charge >= 0.3 is 0 Å². The summed E-state index contributed by atoms with van der Waals surface area (Å²) in [4.78, 5) is 2.13. The minimum absolute atomic E-state index is 0.419. The van der Waals surface area contributed by atoms with Gasteiger partial charge in [0, 0.05) is 11.9 Å². The predicted molar refractivity (Wildman–Crippen MR) is 55.4 cm³/mol. The Hall–Kier alpha value is -0.190. The van der Waals surface area contributed by atoms with E-state index < -0.39 is 0 Å². The molecule has 0 aromatic carbocycles. The van der Waals surface area contributed by atoms with E-state index in [1.54, 1.807) is 0 Å². The first-order chi connectivity index (χ1) is 5.61. The van der Waals surface area contributed by atoms with E-state index in [1.807, 2.05) is 7.05 Å². The molecule has 0 aromatic heterocycles. The number of nitrogens with zero attached hydrogens (tertiary/aromatic N) is 1. The summed E-state index contributed by atoms with van der Waals surface area (Å²) in [6.45, 7) is 5.08. The Morgan fingerprint density at radius 1 is 1.50 bits per heavy atom. The SMILES string of the molecule is C#CCN(C)[C@H](CCl)CC(C)C. The lowest BCUT2D eigenvalue weighted by Gasteiger charge is -2.25. The molecule has 0 heterocycles. The van der Waals surface area contributed by atoms with Crippen molar-refractivity contribution >= 4 is 11.6 Å². The van der Waals surface area contributed by atoms with E-state index in [-0.39, 0.29) is 0 Å². The summed E-state index contributed by atoms with van der Waals surface area (Å²) >= 11 is 5.83. The van der Waals surface area contributed by atoms with E-state index in [0.717, 1.165) is 6.42 Å². The molecule has 12 heavy (non-hydrogen) atoms. The zero-order valence-electron chi connectivity index (χ0n) is 8.18.